The molecule has 1 aromatic carbocycles. The van der Waals surface area contributed by atoms with Gasteiger partial charge in [-0.1, -0.05) is 5.16 Å². The lowest BCUT2D eigenvalue weighted by Crippen LogP contribution is -2.24. The maximum absolute atomic E-state index is 13.3. The lowest BCUT2D eigenvalue weighted by molar-refractivity contribution is 0.234. The van der Waals surface area contributed by atoms with Crippen molar-refractivity contribution in [2.75, 3.05) is 12.8 Å². The third kappa shape index (κ3) is 5.59. The van der Waals surface area contributed by atoms with Gasteiger partial charge in [-0.25, -0.2) is 27.7 Å². The van der Waals surface area contributed by atoms with Crippen LogP contribution in [-0.4, -0.2) is 38.4 Å². The molecule has 1 aromatic heterocycles. The van der Waals surface area contributed by atoms with E-state index in [-0.39, 0.29) is 17.3 Å². The minimum atomic E-state index is -2.76. The first-order chi connectivity index (χ1) is 11.8. The zero-order chi connectivity index (χ0) is 18.4. The number of rotatable bonds is 7. The van der Waals surface area contributed by atoms with Gasteiger partial charge in [0.2, 0.25) is 0 Å². The summed E-state index contributed by atoms with van der Waals surface area (Å²) in [5.74, 6) is -0.342. The Morgan fingerprint density at radius 3 is 2.88 bits per heavy atom. The first-order valence-corrected chi connectivity index (χ1v) is 9.32. The zero-order valence-corrected chi connectivity index (χ0v) is 14.6. The number of hydroxylamine groups is 1. The monoisotopic (exact) mass is 370 g/mol. The number of hydrogen-bond donors (Lipinski definition) is 4. The fourth-order valence-corrected chi connectivity index (χ4v) is 2.57. The molecule has 1 unspecified atom stereocenters. The number of halogens is 1. The van der Waals surface area contributed by atoms with Crippen LogP contribution in [0.15, 0.2) is 27.8 Å². The summed E-state index contributed by atoms with van der Waals surface area (Å²) >= 11 is 0. The van der Waals surface area contributed by atoms with Crippen molar-refractivity contribution >= 4 is 21.4 Å². The highest BCUT2D eigenvalue weighted by atomic mass is 32.2. The quantitative estimate of drug-likeness (QED) is 0.253. The van der Waals surface area contributed by atoms with Gasteiger partial charge in [-0.3, -0.25) is 10.7 Å². The molecule has 25 heavy (non-hydrogen) atoms. The minimum Gasteiger partial charge on any atom is -0.290 e. The highest BCUT2D eigenvalue weighted by Crippen LogP contribution is 2.18. The van der Waals surface area contributed by atoms with Gasteiger partial charge in [0.1, 0.15) is 21.4 Å². The van der Waals surface area contributed by atoms with Crippen molar-refractivity contribution in [2.24, 2.45) is 4.99 Å². The first-order valence-electron chi connectivity index (χ1n) is 7.35. The van der Waals surface area contributed by atoms with Gasteiger partial charge in [-0.15, -0.1) is 0 Å². The molecule has 11 heteroatoms. The normalized spacial score (nSPS) is 14.3. The second-order valence-corrected chi connectivity index (χ2v) is 7.38. The summed E-state index contributed by atoms with van der Waals surface area (Å²) in [6.45, 7) is 1.95. The van der Waals surface area contributed by atoms with Crippen molar-refractivity contribution in [2.45, 2.75) is 19.8 Å². The van der Waals surface area contributed by atoms with E-state index in [1.165, 1.54) is 24.5 Å². The predicted octanol–water partition coefficient (Wildman–Crippen LogP) is 1.69. The van der Waals surface area contributed by atoms with E-state index in [0.717, 1.165) is 0 Å². The summed E-state index contributed by atoms with van der Waals surface area (Å²) in [6, 6.07) is 4.26. The number of benzene rings is 1. The van der Waals surface area contributed by atoms with Gasteiger partial charge < -0.3 is 0 Å². The van der Waals surface area contributed by atoms with E-state index in [0.29, 0.717) is 36.3 Å². The van der Waals surface area contributed by atoms with Crippen LogP contribution in [0.1, 0.15) is 23.4 Å². The van der Waals surface area contributed by atoms with Crippen molar-refractivity contribution in [1.82, 2.24) is 20.5 Å². The van der Waals surface area contributed by atoms with Crippen LogP contribution in [0.2, 0.25) is 0 Å². The molecule has 9 nitrogen and oxygen atoms in total. The van der Waals surface area contributed by atoms with Crippen LogP contribution in [-0.2, 0) is 16.3 Å². The van der Waals surface area contributed by atoms with E-state index >= 15 is 0 Å². The Labute approximate surface area is 144 Å². The molecule has 0 saturated heterocycles. The molecule has 0 bridgehead atoms. The molecule has 0 radical (unpaired) electrons. The van der Waals surface area contributed by atoms with E-state index in [2.05, 4.69) is 20.0 Å². The Balaban J connectivity index is 2.14. The Morgan fingerprint density at radius 1 is 1.48 bits per heavy atom. The molecule has 2 rings (SSSR count). The van der Waals surface area contributed by atoms with Crippen molar-refractivity contribution < 1.29 is 18.4 Å². The molecule has 0 aliphatic carbocycles. The largest absolute Gasteiger partial charge is 0.290 e. The molecule has 4 N–H and O–H groups in total. The van der Waals surface area contributed by atoms with Crippen LogP contribution in [0.4, 0.5) is 10.1 Å². The molecule has 0 saturated carbocycles. The fourth-order valence-electron chi connectivity index (χ4n) is 2.03. The van der Waals surface area contributed by atoms with Crippen LogP contribution in [0, 0.1) is 17.5 Å². The Kier molecular flexibility index (Phi) is 6.17. The van der Waals surface area contributed by atoms with E-state index in [4.69, 9.17) is 9.41 Å². The number of hydrogen-bond acceptors (Lipinski definition) is 7. The summed E-state index contributed by atoms with van der Waals surface area (Å²) in [5.41, 5.74) is 3.44. The van der Waals surface area contributed by atoms with Gasteiger partial charge in [0.25, 0.3) is 0 Å². The number of aliphatic imine (C=N–C) groups is 1. The standard InChI is InChI=1S/C14H19FN6O3S/c1-9-8-10(5-6-11(9)15)18-14(19-22)13-12(20-24-21-13)4-3-7-17-25(2,16)23/h5-6,8,22H,3-4,7H2,1-2H3,(H,18,19)(H2,16,17,23). The number of nitrogens with one attached hydrogen (secondary N) is 3. The summed E-state index contributed by atoms with van der Waals surface area (Å²) in [5, 5.41) is 16.8. The summed E-state index contributed by atoms with van der Waals surface area (Å²) in [6.07, 6.45) is 2.23. The topological polar surface area (TPSA) is 136 Å². The predicted molar refractivity (Wildman–Crippen MR) is 89.7 cm³/mol. The summed E-state index contributed by atoms with van der Waals surface area (Å²) < 4.78 is 39.1. The minimum absolute atomic E-state index is 0.00926. The van der Waals surface area contributed by atoms with E-state index < -0.39 is 9.92 Å². The lowest BCUT2D eigenvalue weighted by atomic mass is 10.2. The Hall–Kier alpha value is -2.37. The third-order valence-electron chi connectivity index (χ3n) is 3.24. The molecule has 0 amide bonds. The van der Waals surface area contributed by atoms with Gasteiger partial charge in [-0.2, -0.15) is 0 Å². The zero-order valence-electron chi connectivity index (χ0n) is 13.7. The van der Waals surface area contributed by atoms with Crippen molar-refractivity contribution in [3.8, 4) is 0 Å². The van der Waals surface area contributed by atoms with Crippen LogP contribution < -0.4 is 10.2 Å². The SMILES string of the molecule is Cc1cc(N=C(NO)c2nonc2CCCNS(C)(=N)=O)ccc1F. The highest BCUT2D eigenvalue weighted by Gasteiger charge is 2.16. The molecule has 0 aliphatic rings. The lowest BCUT2D eigenvalue weighted by Gasteiger charge is -2.05. The summed E-state index contributed by atoms with van der Waals surface area (Å²) in [4.78, 5) is 4.18. The maximum Gasteiger partial charge on any atom is 0.181 e. The molecule has 0 spiro atoms. The molecular weight excluding hydrogens is 351 g/mol. The second kappa shape index (κ2) is 8.14. The van der Waals surface area contributed by atoms with Gasteiger partial charge in [0.05, 0.1) is 5.69 Å². The third-order valence-corrected chi connectivity index (χ3v) is 3.99. The first kappa shape index (κ1) is 19.0. The van der Waals surface area contributed by atoms with Crippen LogP contribution in [0.3, 0.4) is 0 Å². The number of aryl methyl sites for hydroxylation is 2. The molecule has 1 heterocycles. The summed E-state index contributed by atoms with van der Waals surface area (Å²) in [7, 11) is -2.76. The van der Waals surface area contributed by atoms with Crippen LogP contribution in [0.25, 0.3) is 0 Å². The van der Waals surface area contributed by atoms with E-state index in [1.807, 2.05) is 5.48 Å². The molecule has 136 valence electrons. The van der Waals surface area contributed by atoms with Crippen LogP contribution >= 0.6 is 0 Å². The molecule has 0 aliphatic heterocycles. The highest BCUT2D eigenvalue weighted by molar-refractivity contribution is 7.89. The van der Waals surface area contributed by atoms with Gasteiger partial charge in [0.15, 0.2) is 11.5 Å². The second-order valence-electron chi connectivity index (χ2n) is 5.41. The fraction of sp³-hybridized carbons (Fsp3) is 0.357. The number of aromatic nitrogens is 2. The van der Waals surface area contributed by atoms with Gasteiger partial charge >= 0.3 is 0 Å². The number of amidine groups is 1. The number of nitrogens with zero attached hydrogens (tertiary/aromatic N) is 3. The smallest absolute Gasteiger partial charge is 0.181 e. The Morgan fingerprint density at radius 2 is 2.24 bits per heavy atom. The average Bonchev–Trinajstić information content (AvgIpc) is 3.00. The average molecular weight is 370 g/mol. The van der Waals surface area contributed by atoms with Crippen LogP contribution in [0.5, 0.6) is 0 Å². The molecule has 1 atom stereocenters. The van der Waals surface area contributed by atoms with Crippen molar-refractivity contribution in [3.05, 3.63) is 41.0 Å². The molecular formula is C14H19FN6O3S. The Bertz CT molecular complexity index is 865. The maximum atomic E-state index is 13.3. The molecule has 0 fully saturated rings. The van der Waals surface area contributed by atoms with E-state index in [1.54, 1.807) is 6.92 Å². The van der Waals surface area contributed by atoms with Gasteiger partial charge in [-0.05, 0) is 48.7 Å². The van der Waals surface area contributed by atoms with Gasteiger partial charge in [0, 0.05) is 12.8 Å². The molecule has 2 aromatic rings. The van der Waals surface area contributed by atoms with E-state index in [9.17, 15) is 13.8 Å². The van der Waals surface area contributed by atoms with Crippen molar-refractivity contribution in [1.29, 1.82) is 4.78 Å². The van der Waals surface area contributed by atoms with Crippen molar-refractivity contribution in [3.63, 3.8) is 0 Å².